The summed E-state index contributed by atoms with van der Waals surface area (Å²) in [7, 11) is 0. The van der Waals surface area contributed by atoms with Gasteiger partial charge in [0.1, 0.15) is 0 Å². The van der Waals surface area contributed by atoms with E-state index in [0.717, 1.165) is 17.0 Å². The number of halogens is 3. The average molecular weight is 386 g/mol. The molecule has 0 bridgehead atoms. The molecule has 1 heterocycles. The van der Waals surface area contributed by atoms with Crippen molar-refractivity contribution in [2.24, 2.45) is 0 Å². The van der Waals surface area contributed by atoms with Gasteiger partial charge in [-0.3, -0.25) is 9.59 Å². The van der Waals surface area contributed by atoms with Gasteiger partial charge in [-0.1, -0.05) is 18.2 Å². The highest BCUT2D eigenvalue weighted by atomic mass is 32.1. The van der Waals surface area contributed by atoms with E-state index in [-0.39, 0.29) is 12.1 Å². The van der Waals surface area contributed by atoms with Crippen LogP contribution in [0, 0.1) is 6.92 Å². The molecule has 0 aliphatic rings. The minimum Gasteiger partial charge on any atom is -0.387 e. The lowest BCUT2D eigenvalue weighted by Gasteiger charge is -2.18. The molecule has 1 aromatic heterocycles. The van der Waals surface area contributed by atoms with E-state index in [2.05, 4.69) is 10.6 Å². The maximum absolute atomic E-state index is 12.9. The SMILES string of the molecule is Cc1ccc(C(=O)NCC(=O)NCC(O)c2ccccc2C(F)(F)F)s1. The molecule has 2 rings (SSSR count). The molecule has 0 aliphatic heterocycles. The monoisotopic (exact) mass is 386 g/mol. The second-order valence-corrected chi connectivity index (χ2v) is 6.79. The van der Waals surface area contributed by atoms with E-state index in [1.807, 2.05) is 6.92 Å². The van der Waals surface area contributed by atoms with Crippen LogP contribution in [0.3, 0.4) is 0 Å². The molecule has 26 heavy (non-hydrogen) atoms. The number of aliphatic hydroxyl groups excluding tert-OH is 1. The van der Waals surface area contributed by atoms with E-state index in [4.69, 9.17) is 0 Å². The van der Waals surface area contributed by atoms with Crippen LogP contribution in [0.4, 0.5) is 13.2 Å². The minimum absolute atomic E-state index is 0.321. The van der Waals surface area contributed by atoms with Crippen LogP contribution >= 0.6 is 11.3 Å². The number of amides is 2. The molecule has 140 valence electrons. The zero-order valence-corrected chi connectivity index (χ0v) is 14.6. The Morgan fingerprint density at radius 1 is 1.15 bits per heavy atom. The topological polar surface area (TPSA) is 78.4 Å². The fourth-order valence-electron chi connectivity index (χ4n) is 2.23. The first-order chi connectivity index (χ1) is 12.2. The third kappa shape index (κ3) is 5.30. The number of thiophene rings is 1. The second kappa shape index (κ2) is 8.33. The van der Waals surface area contributed by atoms with E-state index >= 15 is 0 Å². The predicted octanol–water partition coefficient (Wildman–Crippen LogP) is 2.65. The van der Waals surface area contributed by atoms with Crippen LogP contribution < -0.4 is 10.6 Å². The van der Waals surface area contributed by atoms with Crippen LogP contribution in [-0.4, -0.2) is 30.0 Å². The van der Waals surface area contributed by atoms with Gasteiger partial charge in [0.15, 0.2) is 0 Å². The number of alkyl halides is 3. The summed E-state index contributed by atoms with van der Waals surface area (Å²) in [5.74, 6) is -1.03. The van der Waals surface area contributed by atoms with E-state index in [0.29, 0.717) is 4.88 Å². The van der Waals surface area contributed by atoms with Crippen LogP contribution in [0.15, 0.2) is 36.4 Å². The Hall–Kier alpha value is -2.39. The molecule has 2 aromatic rings. The van der Waals surface area contributed by atoms with Gasteiger partial charge >= 0.3 is 6.18 Å². The normalized spacial score (nSPS) is 12.5. The molecule has 1 atom stereocenters. The number of carbonyl (C=O) groups is 2. The second-order valence-electron chi connectivity index (χ2n) is 5.50. The van der Waals surface area contributed by atoms with E-state index in [9.17, 15) is 27.9 Å². The summed E-state index contributed by atoms with van der Waals surface area (Å²) < 4.78 is 38.8. The first kappa shape index (κ1) is 19.9. The quantitative estimate of drug-likeness (QED) is 0.714. The summed E-state index contributed by atoms with van der Waals surface area (Å²) in [6.45, 7) is 1.09. The van der Waals surface area contributed by atoms with Crippen LogP contribution in [0.25, 0.3) is 0 Å². The summed E-state index contributed by atoms with van der Waals surface area (Å²) in [6, 6.07) is 8.02. The van der Waals surface area contributed by atoms with Crippen molar-refractivity contribution in [2.45, 2.75) is 19.2 Å². The summed E-state index contributed by atoms with van der Waals surface area (Å²) in [5, 5.41) is 14.7. The first-order valence-corrected chi connectivity index (χ1v) is 8.45. The molecule has 0 fully saturated rings. The molecule has 9 heteroatoms. The third-order valence-electron chi connectivity index (χ3n) is 3.49. The van der Waals surface area contributed by atoms with E-state index in [1.54, 1.807) is 12.1 Å². The minimum atomic E-state index is -4.60. The lowest BCUT2D eigenvalue weighted by molar-refractivity contribution is -0.139. The maximum Gasteiger partial charge on any atom is 0.416 e. The Kier molecular flexibility index (Phi) is 6.38. The van der Waals surface area contributed by atoms with Gasteiger partial charge in [0.25, 0.3) is 5.91 Å². The van der Waals surface area contributed by atoms with Crippen LogP contribution in [0.1, 0.15) is 31.8 Å². The zero-order valence-electron chi connectivity index (χ0n) is 13.8. The lowest BCUT2D eigenvalue weighted by atomic mass is 10.0. The number of nitrogens with one attached hydrogen (secondary N) is 2. The van der Waals surface area contributed by atoms with Crippen LogP contribution in [0.5, 0.6) is 0 Å². The van der Waals surface area contributed by atoms with Crippen molar-refractivity contribution in [3.8, 4) is 0 Å². The van der Waals surface area contributed by atoms with Gasteiger partial charge in [-0.25, -0.2) is 0 Å². The number of rotatable bonds is 6. The Balaban J connectivity index is 1.87. The Labute approximate surface area is 151 Å². The van der Waals surface area contributed by atoms with Crippen molar-refractivity contribution < 1.29 is 27.9 Å². The summed E-state index contributed by atoms with van der Waals surface area (Å²) in [6.07, 6.45) is -6.12. The van der Waals surface area contributed by atoms with E-state index < -0.39 is 36.2 Å². The van der Waals surface area contributed by atoms with Crippen molar-refractivity contribution >= 4 is 23.2 Å². The fourth-order valence-corrected chi connectivity index (χ4v) is 3.02. The highest BCUT2D eigenvalue weighted by Gasteiger charge is 2.34. The summed E-state index contributed by atoms with van der Waals surface area (Å²) in [4.78, 5) is 25.0. The zero-order chi connectivity index (χ0) is 19.3. The molecule has 0 radical (unpaired) electrons. The van der Waals surface area contributed by atoms with Gasteiger partial charge < -0.3 is 15.7 Å². The highest BCUT2D eigenvalue weighted by molar-refractivity contribution is 7.13. The number of carbonyl (C=O) groups excluding carboxylic acids is 2. The number of aryl methyl sites for hydroxylation is 1. The molecule has 1 unspecified atom stereocenters. The molecule has 1 aromatic carbocycles. The molecule has 3 N–H and O–H groups in total. The summed E-state index contributed by atoms with van der Waals surface area (Å²) in [5.41, 5.74) is -1.28. The smallest absolute Gasteiger partial charge is 0.387 e. The average Bonchev–Trinajstić information content (AvgIpc) is 3.03. The summed E-state index contributed by atoms with van der Waals surface area (Å²) >= 11 is 1.28. The molecule has 2 amide bonds. The van der Waals surface area contributed by atoms with Crippen molar-refractivity contribution in [1.82, 2.24) is 10.6 Å². The fraction of sp³-hybridized carbons (Fsp3) is 0.294. The van der Waals surface area contributed by atoms with Crippen molar-refractivity contribution in [1.29, 1.82) is 0 Å². The maximum atomic E-state index is 12.9. The Bertz CT molecular complexity index is 790. The molecule has 0 saturated heterocycles. The number of benzene rings is 1. The number of hydrogen-bond donors (Lipinski definition) is 3. The Morgan fingerprint density at radius 3 is 2.46 bits per heavy atom. The lowest BCUT2D eigenvalue weighted by Crippen LogP contribution is -2.38. The van der Waals surface area contributed by atoms with Gasteiger partial charge in [0.2, 0.25) is 5.91 Å². The van der Waals surface area contributed by atoms with Crippen LogP contribution in [0.2, 0.25) is 0 Å². The molecule has 5 nitrogen and oxygen atoms in total. The predicted molar refractivity (Wildman–Crippen MR) is 90.8 cm³/mol. The molecular formula is C17H17F3N2O3S. The van der Waals surface area contributed by atoms with Gasteiger partial charge in [-0.05, 0) is 30.7 Å². The number of hydrogen-bond acceptors (Lipinski definition) is 4. The standard InChI is InChI=1S/C17H17F3N2O3S/c1-10-6-7-14(26-10)16(25)22-9-15(24)21-8-13(23)11-4-2-3-5-12(11)17(18,19)20/h2-7,13,23H,8-9H2,1H3,(H,21,24)(H,22,25). The molecule has 0 saturated carbocycles. The van der Waals surface area contributed by atoms with Crippen molar-refractivity contribution in [3.63, 3.8) is 0 Å². The highest BCUT2D eigenvalue weighted by Crippen LogP contribution is 2.34. The first-order valence-electron chi connectivity index (χ1n) is 7.64. The van der Waals surface area contributed by atoms with Crippen LogP contribution in [-0.2, 0) is 11.0 Å². The molecule has 0 spiro atoms. The molecule has 0 aliphatic carbocycles. The number of aliphatic hydroxyl groups is 1. The Morgan fingerprint density at radius 2 is 1.85 bits per heavy atom. The van der Waals surface area contributed by atoms with E-state index in [1.165, 1.54) is 23.5 Å². The largest absolute Gasteiger partial charge is 0.416 e. The van der Waals surface area contributed by atoms with Gasteiger partial charge in [-0.2, -0.15) is 13.2 Å². The van der Waals surface area contributed by atoms with Gasteiger partial charge in [-0.15, -0.1) is 11.3 Å². The van der Waals surface area contributed by atoms with Crippen molar-refractivity contribution in [3.05, 3.63) is 57.3 Å². The molecular weight excluding hydrogens is 369 g/mol. The third-order valence-corrected chi connectivity index (χ3v) is 4.49. The van der Waals surface area contributed by atoms with Gasteiger partial charge in [0, 0.05) is 11.4 Å². The van der Waals surface area contributed by atoms with Gasteiger partial charge in [0.05, 0.1) is 23.1 Å². The van der Waals surface area contributed by atoms with Crippen molar-refractivity contribution in [2.75, 3.05) is 13.1 Å².